The fourth-order valence-corrected chi connectivity index (χ4v) is 6.05. The van der Waals surface area contributed by atoms with E-state index in [2.05, 4.69) is 12.1 Å². The van der Waals surface area contributed by atoms with Crippen LogP contribution in [0, 0.1) is 22.7 Å². The molecule has 4 aromatic carbocycles. The number of hydrogen-bond donors (Lipinski definition) is 0. The molecular formula is C36H24F6N4. The summed E-state index contributed by atoms with van der Waals surface area (Å²) in [4.78, 5) is 0. The molecule has 0 aliphatic rings. The molecule has 0 fully saturated rings. The minimum Gasteiger partial charge on any atom is -0.350 e. The number of aromatic nitrogens is 2. The molecule has 2 heterocycles. The van der Waals surface area contributed by atoms with Gasteiger partial charge in [0, 0.05) is 48.3 Å². The predicted octanol–water partition coefficient (Wildman–Crippen LogP) is 9.96. The van der Waals surface area contributed by atoms with E-state index in [1.807, 2.05) is 47.5 Å². The highest BCUT2D eigenvalue weighted by Gasteiger charge is 2.32. The van der Waals surface area contributed by atoms with Crippen LogP contribution in [-0.4, -0.2) is 9.13 Å². The third kappa shape index (κ3) is 5.37. The number of alkyl halides is 6. The van der Waals surface area contributed by atoms with Crippen LogP contribution in [0.3, 0.4) is 0 Å². The number of halogens is 6. The fourth-order valence-electron chi connectivity index (χ4n) is 6.05. The van der Waals surface area contributed by atoms with Gasteiger partial charge in [-0.1, -0.05) is 36.4 Å². The minimum atomic E-state index is -4.46. The number of benzene rings is 4. The van der Waals surface area contributed by atoms with Gasteiger partial charge in [0.25, 0.3) is 0 Å². The molecule has 0 radical (unpaired) electrons. The first kappa shape index (κ1) is 30.5. The maximum Gasteiger partial charge on any atom is 0.416 e. The van der Waals surface area contributed by atoms with Crippen molar-refractivity contribution in [2.24, 2.45) is 14.1 Å². The van der Waals surface area contributed by atoms with Gasteiger partial charge in [-0.3, -0.25) is 0 Å². The van der Waals surface area contributed by atoms with Crippen LogP contribution in [0.15, 0.2) is 97.3 Å². The van der Waals surface area contributed by atoms with E-state index < -0.39 is 35.3 Å². The lowest BCUT2D eigenvalue weighted by molar-refractivity contribution is -0.138. The van der Waals surface area contributed by atoms with Gasteiger partial charge in [0.2, 0.25) is 0 Å². The molecule has 2 unspecified atom stereocenters. The predicted molar refractivity (Wildman–Crippen MR) is 163 cm³/mol. The van der Waals surface area contributed by atoms with Crippen molar-refractivity contribution in [2.45, 2.75) is 24.2 Å². The summed E-state index contributed by atoms with van der Waals surface area (Å²) in [6.07, 6.45) is -5.33. The van der Waals surface area contributed by atoms with Crippen LogP contribution in [0.4, 0.5) is 26.3 Å². The Kier molecular flexibility index (Phi) is 7.40. The zero-order chi connectivity index (χ0) is 33.0. The molecule has 0 amide bonds. The third-order valence-electron chi connectivity index (χ3n) is 8.41. The smallest absolute Gasteiger partial charge is 0.350 e. The van der Waals surface area contributed by atoms with E-state index in [1.165, 1.54) is 24.3 Å². The van der Waals surface area contributed by atoms with Gasteiger partial charge in [-0.2, -0.15) is 36.9 Å². The summed E-state index contributed by atoms with van der Waals surface area (Å²) < 4.78 is 82.4. The SMILES string of the molecule is Cn1cc(C(C#N)C(C#N)c2cn(C)c3ccc(-c4ccc(C(F)(F)F)cc4)cc23)c2cc(-c3ccc(C(F)(F)F)cc3)ccc21. The topological polar surface area (TPSA) is 57.4 Å². The van der Waals surface area contributed by atoms with Crippen LogP contribution in [0.5, 0.6) is 0 Å². The Hall–Kier alpha value is -5.48. The van der Waals surface area contributed by atoms with E-state index in [9.17, 15) is 36.9 Å². The molecule has 0 saturated carbocycles. The van der Waals surface area contributed by atoms with Crippen LogP contribution in [0.1, 0.15) is 34.1 Å². The maximum atomic E-state index is 13.1. The van der Waals surface area contributed by atoms with Gasteiger partial charge < -0.3 is 9.13 Å². The first-order valence-electron chi connectivity index (χ1n) is 14.1. The molecular weight excluding hydrogens is 602 g/mol. The Morgan fingerprint density at radius 3 is 1.15 bits per heavy atom. The highest BCUT2D eigenvalue weighted by Crippen LogP contribution is 2.42. The monoisotopic (exact) mass is 626 g/mol. The van der Waals surface area contributed by atoms with Crippen molar-refractivity contribution in [1.29, 1.82) is 10.5 Å². The van der Waals surface area contributed by atoms with E-state index in [1.54, 1.807) is 24.5 Å². The maximum absolute atomic E-state index is 13.1. The summed E-state index contributed by atoms with van der Waals surface area (Å²) in [5.41, 5.74) is 3.70. The molecule has 0 aliphatic heterocycles. The first-order chi connectivity index (χ1) is 21.8. The van der Waals surface area contributed by atoms with Gasteiger partial charge in [-0.15, -0.1) is 0 Å². The molecule has 6 rings (SSSR count). The summed E-state index contributed by atoms with van der Waals surface area (Å²) in [5.74, 6) is -1.84. The highest BCUT2D eigenvalue weighted by molar-refractivity contribution is 5.92. The average Bonchev–Trinajstić information content (AvgIpc) is 3.54. The molecule has 2 atom stereocenters. The van der Waals surface area contributed by atoms with Gasteiger partial charge >= 0.3 is 12.4 Å². The van der Waals surface area contributed by atoms with Gasteiger partial charge in [-0.25, -0.2) is 0 Å². The first-order valence-corrected chi connectivity index (χ1v) is 14.1. The van der Waals surface area contributed by atoms with E-state index >= 15 is 0 Å². The molecule has 0 bridgehead atoms. The second-order valence-corrected chi connectivity index (χ2v) is 11.2. The molecule has 10 heteroatoms. The molecule has 230 valence electrons. The normalized spacial score (nSPS) is 13.4. The molecule has 6 aromatic rings. The lowest BCUT2D eigenvalue weighted by atomic mass is 9.82. The van der Waals surface area contributed by atoms with Crippen molar-refractivity contribution in [3.05, 3.63) is 120 Å². The number of hydrogen-bond acceptors (Lipinski definition) is 2. The van der Waals surface area contributed by atoms with Crippen LogP contribution in [0.2, 0.25) is 0 Å². The van der Waals surface area contributed by atoms with Gasteiger partial charge in [0.1, 0.15) is 0 Å². The van der Waals surface area contributed by atoms with E-state index in [4.69, 9.17) is 0 Å². The van der Waals surface area contributed by atoms with Crippen molar-refractivity contribution in [2.75, 3.05) is 0 Å². The molecule has 0 spiro atoms. The van der Waals surface area contributed by atoms with Crippen molar-refractivity contribution in [1.82, 2.24) is 9.13 Å². The number of fused-ring (bicyclic) bond motifs is 2. The quantitative estimate of drug-likeness (QED) is 0.179. The Morgan fingerprint density at radius 1 is 0.522 bits per heavy atom. The summed E-state index contributed by atoms with van der Waals surface area (Å²) in [6.45, 7) is 0. The largest absolute Gasteiger partial charge is 0.416 e. The molecule has 0 saturated heterocycles. The zero-order valence-electron chi connectivity index (χ0n) is 24.4. The minimum absolute atomic E-state index is 0.569. The fraction of sp³-hybridized carbons (Fsp3) is 0.167. The van der Waals surface area contributed by atoms with Crippen LogP contribution >= 0.6 is 0 Å². The van der Waals surface area contributed by atoms with Crippen molar-refractivity contribution in [3.63, 3.8) is 0 Å². The number of nitrogens with zero attached hydrogens (tertiary/aromatic N) is 4. The molecule has 46 heavy (non-hydrogen) atoms. The Labute approximate surface area is 260 Å². The van der Waals surface area contributed by atoms with Gasteiger partial charge in [0.15, 0.2) is 0 Å². The Balaban J connectivity index is 1.43. The standard InChI is InChI=1S/C36H24F6N4/c1-45-19-31(27-15-23(7-13-33(27)45)21-3-9-25(10-4-21)35(37,38)39)29(17-43)30(18-44)32-20-46(2)34-14-8-24(16-28(32)34)22-5-11-26(12-6-22)36(40,41)42/h3-16,19-20,29-30H,1-2H3. The van der Waals surface area contributed by atoms with E-state index in [-0.39, 0.29) is 0 Å². The van der Waals surface area contributed by atoms with Crippen LogP contribution < -0.4 is 0 Å². The lowest BCUT2D eigenvalue weighted by Gasteiger charge is -2.16. The molecule has 2 aromatic heterocycles. The Morgan fingerprint density at radius 2 is 0.848 bits per heavy atom. The summed E-state index contributed by atoms with van der Waals surface area (Å²) in [6, 6.07) is 25.2. The second kappa shape index (κ2) is 11.1. The summed E-state index contributed by atoms with van der Waals surface area (Å²) in [5, 5.41) is 22.4. The van der Waals surface area contributed by atoms with Crippen molar-refractivity contribution >= 4 is 21.8 Å². The van der Waals surface area contributed by atoms with Gasteiger partial charge in [0.05, 0.1) is 35.1 Å². The molecule has 4 nitrogen and oxygen atoms in total. The highest BCUT2D eigenvalue weighted by atomic mass is 19.4. The van der Waals surface area contributed by atoms with Crippen LogP contribution in [0.25, 0.3) is 44.1 Å². The average molecular weight is 627 g/mol. The van der Waals surface area contributed by atoms with Crippen LogP contribution in [-0.2, 0) is 26.4 Å². The third-order valence-corrected chi connectivity index (χ3v) is 8.41. The van der Waals surface area contributed by atoms with E-state index in [0.29, 0.717) is 44.2 Å². The Bertz CT molecular complexity index is 2010. The molecule has 0 N–H and O–H groups in total. The van der Waals surface area contributed by atoms with Crippen molar-refractivity contribution in [3.8, 4) is 34.4 Å². The summed E-state index contributed by atoms with van der Waals surface area (Å²) in [7, 11) is 3.63. The second-order valence-electron chi connectivity index (χ2n) is 11.2. The number of aryl methyl sites for hydroxylation is 2. The molecule has 0 aliphatic carbocycles. The number of nitriles is 2. The van der Waals surface area contributed by atoms with Crippen molar-refractivity contribution < 1.29 is 26.3 Å². The van der Waals surface area contributed by atoms with Gasteiger partial charge in [-0.05, 0) is 81.9 Å². The zero-order valence-corrected chi connectivity index (χ0v) is 24.4. The van der Waals surface area contributed by atoms with E-state index in [0.717, 1.165) is 35.3 Å². The number of rotatable bonds is 5. The summed E-state index contributed by atoms with van der Waals surface area (Å²) >= 11 is 0. The lowest BCUT2D eigenvalue weighted by Crippen LogP contribution is -2.08.